The number of unbranched alkanes of at least 4 members (excludes halogenated alkanes) is 1. The van der Waals surface area contributed by atoms with Crippen molar-refractivity contribution < 1.29 is 9.53 Å². The van der Waals surface area contributed by atoms with Crippen LogP contribution in [-0.2, 0) is 11.2 Å². The van der Waals surface area contributed by atoms with Crippen molar-refractivity contribution in [1.82, 2.24) is 10.2 Å². The van der Waals surface area contributed by atoms with Gasteiger partial charge in [-0.25, -0.2) is 0 Å². The highest BCUT2D eigenvalue weighted by atomic mass is 16.5. The van der Waals surface area contributed by atoms with E-state index in [1.54, 1.807) is 0 Å². The van der Waals surface area contributed by atoms with E-state index in [1.165, 1.54) is 37.7 Å². The lowest BCUT2D eigenvalue weighted by atomic mass is 9.79. The molecule has 30 heavy (non-hydrogen) atoms. The van der Waals surface area contributed by atoms with Crippen molar-refractivity contribution in [2.75, 3.05) is 44.6 Å². The summed E-state index contributed by atoms with van der Waals surface area (Å²) in [5.41, 5.74) is 2.09. The van der Waals surface area contributed by atoms with E-state index < -0.39 is 0 Å². The first-order valence-electron chi connectivity index (χ1n) is 12.2. The molecule has 1 aliphatic heterocycles. The summed E-state index contributed by atoms with van der Waals surface area (Å²) >= 11 is 0. The summed E-state index contributed by atoms with van der Waals surface area (Å²) in [4.78, 5) is 15.4. The number of carbonyl (C=O) groups is 1. The van der Waals surface area contributed by atoms with Crippen LogP contribution in [0.4, 0.5) is 5.69 Å². The summed E-state index contributed by atoms with van der Waals surface area (Å²) in [5.74, 6) is 1.94. The fourth-order valence-electron chi connectivity index (χ4n) is 4.76. The van der Waals surface area contributed by atoms with Gasteiger partial charge in [0.1, 0.15) is 5.75 Å². The normalized spacial score (nSPS) is 22.6. The van der Waals surface area contributed by atoms with Gasteiger partial charge in [0.05, 0.1) is 12.3 Å². The van der Waals surface area contributed by atoms with E-state index in [1.807, 2.05) is 13.0 Å². The maximum absolute atomic E-state index is 12.9. The quantitative estimate of drug-likeness (QED) is 0.592. The molecule has 1 aromatic carbocycles. The monoisotopic (exact) mass is 415 g/mol. The minimum Gasteiger partial charge on any atom is -0.492 e. The number of nitrogens with one attached hydrogen (secondary N) is 2. The van der Waals surface area contributed by atoms with Crippen LogP contribution < -0.4 is 15.4 Å². The first kappa shape index (κ1) is 23.1. The van der Waals surface area contributed by atoms with Gasteiger partial charge >= 0.3 is 0 Å². The molecule has 1 aromatic rings. The third-order valence-electron chi connectivity index (χ3n) is 6.71. The molecular formula is C25H41N3O2. The number of hydrogen-bond donors (Lipinski definition) is 2. The molecule has 0 aromatic heterocycles. The molecule has 0 bridgehead atoms. The van der Waals surface area contributed by atoms with Crippen molar-refractivity contribution in [3.8, 4) is 5.75 Å². The number of benzene rings is 1. The molecule has 0 spiro atoms. The Labute approximate surface area is 182 Å². The molecule has 1 saturated carbocycles. The number of rotatable bonds is 10. The summed E-state index contributed by atoms with van der Waals surface area (Å²) in [6.45, 7) is 10.3. The Balaban J connectivity index is 1.53. The van der Waals surface area contributed by atoms with Gasteiger partial charge in [0.15, 0.2) is 0 Å². The fraction of sp³-hybridized carbons (Fsp3) is 0.720. The van der Waals surface area contributed by atoms with E-state index in [0.29, 0.717) is 6.61 Å². The van der Waals surface area contributed by atoms with Gasteiger partial charge in [-0.2, -0.15) is 0 Å². The predicted molar refractivity (Wildman–Crippen MR) is 124 cm³/mol. The number of anilines is 1. The van der Waals surface area contributed by atoms with E-state index in [9.17, 15) is 4.79 Å². The molecule has 1 aliphatic carbocycles. The predicted octanol–water partition coefficient (Wildman–Crippen LogP) is 4.47. The van der Waals surface area contributed by atoms with Crippen LogP contribution in [0.25, 0.3) is 0 Å². The van der Waals surface area contributed by atoms with Gasteiger partial charge in [0, 0.05) is 38.6 Å². The molecule has 3 rings (SSSR count). The molecule has 2 N–H and O–H groups in total. The molecule has 0 atom stereocenters. The second-order valence-corrected chi connectivity index (χ2v) is 8.95. The van der Waals surface area contributed by atoms with Crippen molar-refractivity contribution in [2.45, 2.75) is 65.2 Å². The Kier molecular flexibility index (Phi) is 9.47. The highest BCUT2D eigenvalue weighted by Gasteiger charge is 2.26. The number of carbonyl (C=O) groups excluding carboxylic acids is 1. The molecule has 0 radical (unpaired) electrons. The second kappa shape index (κ2) is 12.3. The van der Waals surface area contributed by atoms with Crippen LogP contribution in [0.2, 0.25) is 0 Å². The fourth-order valence-corrected chi connectivity index (χ4v) is 4.76. The zero-order chi connectivity index (χ0) is 21.2. The summed E-state index contributed by atoms with van der Waals surface area (Å²) in [6, 6.07) is 6.29. The summed E-state index contributed by atoms with van der Waals surface area (Å²) in [7, 11) is 0. The molecule has 2 fully saturated rings. The minimum atomic E-state index is 0.143. The SMILES string of the molecule is CCCCC1CCC(C(=O)Nc2ccc(CCN3CCNCC3)cc2OCC)CC1. The van der Waals surface area contributed by atoms with Crippen LogP contribution in [-0.4, -0.2) is 50.1 Å². The molecular weight excluding hydrogens is 374 g/mol. The first-order valence-corrected chi connectivity index (χ1v) is 12.2. The summed E-state index contributed by atoms with van der Waals surface area (Å²) < 4.78 is 5.88. The van der Waals surface area contributed by atoms with E-state index in [0.717, 1.165) is 69.3 Å². The average Bonchev–Trinajstić information content (AvgIpc) is 2.79. The Morgan fingerprint density at radius 1 is 1.17 bits per heavy atom. The Morgan fingerprint density at radius 2 is 1.93 bits per heavy atom. The first-order chi connectivity index (χ1) is 14.7. The van der Waals surface area contributed by atoms with E-state index >= 15 is 0 Å². The second-order valence-electron chi connectivity index (χ2n) is 8.95. The average molecular weight is 416 g/mol. The lowest BCUT2D eigenvalue weighted by Gasteiger charge is -2.28. The standard InChI is InChI=1S/C25H41N3O2/c1-3-5-6-20-7-10-22(11-8-20)25(29)27-23-12-9-21(19-24(23)30-4-2)13-16-28-17-14-26-15-18-28/h9,12,19-20,22,26H,3-8,10-11,13-18H2,1-2H3,(H,27,29). The van der Waals surface area contributed by atoms with E-state index in [4.69, 9.17) is 4.74 Å². The topological polar surface area (TPSA) is 53.6 Å². The van der Waals surface area contributed by atoms with Gasteiger partial charge in [-0.05, 0) is 62.6 Å². The van der Waals surface area contributed by atoms with Gasteiger partial charge < -0.3 is 20.3 Å². The largest absolute Gasteiger partial charge is 0.492 e. The summed E-state index contributed by atoms with van der Waals surface area (Å²) in [5, 5.41) is 6.57. The highest BCUT2D eigenvalue weighted by Crippen LogP contribution is 2.34. The zero-order valence-electron chi connectivity index (χ0n) is 19.0. The Morgan fingerprint density at radius 3 is 2.63 bits per heavy atom. The number of nitrogens with zero attached hydrogens (tertiary/aromatic N) is 1. The van der Waals surface area contributed by atoms with Gasteiger partial charge in [-0.1, -0.05) is 32.3 Å². The van der Waals surface area contributed by atoms with Gasteiger partial charge in [-0.15, -0.1) is 0 Å². The van der Waals surface area contributed by atoms with Crippen LogP contribution in [0.15, 0.2) is 18.2 Å². The maximum atomic E-state index is 12.9. The van der Waals surface area contributed by atoms with Crippen molar-refractivity contribution in [3.05, 3.63) is 23.8 Å². The summed E-state index contributed by atoms with van der Waals surface area (Å²) in [6.07, 6.45) is 9.36. The van der Waals surface area contributed by atoms with Crippen LogP contribution in [0.5, 0.6) is 5.75 Å². The van der Waals surface area contributed by atoms with Gasteiger partial charge in [0.2, 0.25) is 5.91 Å². The zero-order valence-corrected chi connectivity index (χ0v) is 19.0. The number of ether oxygens (including phenoxy) is 1. The molecule has 5 heteroatoms. The van der Waals surface area contributed by atoms with Gasteiger partial charge in [-0.3, -0.25) is 4.79 Å². The van der Waals surface area contributed by atoms with Crippen LogP contribution >= 0.6 is 0 Å². The van der Waals surface area contributed by atoms with Crippen LogP contribution in [0, 0.1) is 11.8 Å². The molecule has 1 saturated heterocycles. The molecule has 1 heterocycles. The molecule has 0 unspecified atom stereocenters. The van der Waals surface area contributed by atoms with Crippen LogP contribution in [0.1, 0.15) is 64.4 Å². The van der Waals surface area contributed by atoms with Crippen molar-refractivity contribution >= 4 is 11.6 Å². The lowest BCUT2D eigenvalue weighted by Crippen LogP contribution is -2.44. The third-order valence-corrected chi connectivity index (χ3v) is 6.71. The Bertz CT molecular complexity index is 650. The Hall–Kier alpha value is -1.59. The molecule has 5 nitrogen and oxygen atoms in total. The molecule has 168 valence electrons. The van der Waals surface area contributed by atoms with E-state index in [-0.39, 0.29) is 11.8 Å². The van der Waals surface area contributed by atoms with Crippen molar-refractivity contribution in [3.63, 3.8) is 0 Å². The smallest absolute Gasteiger partial charge is 0.227 e. The third kappa shape index (κ3) is 6.98. The van der Waals surface area contributed by atoms with Gasteiger partial charge in [0.25, 0.3) is 0 Å². The maximum Gasteiger partial charge on any atom is 0.227 e. The molecule has 1 amide bonds. The highest BCUT2D eigenvalue weighted by molar-refractivity contribution is 5.94. The number of amides is 1. The van der Waals surface area contributed by atoms with Crippen molar-refractivity contribution in [1.29, 1.82) is 0 Å². The van der Waals surface area contributed by atoms with Crippen LogP contribution in [0.3, 0.4) is 0 Å². The van der Waals surface area contributed by atoms with Crippen molar-refractivity contribution in [2.24, 2.45) is 11.8 Å². The number of piperazine rings is 1. The van der Waals surface area contributed by atoms with E-state index in [2.05, 4.69) is 34.6 Å². The number of hydrogen-bond acceptors (Lipinski definition) is 4. The lowest BCUT2D eigenvalue weighted by molar-refractivity contribution is -0.121. The molecule has 2 aliphatic rings. The minimum absolute atomic E-state index is 0.143.